The molecule has 0 saturated heterocycles. The van der Waals surface area contributed by atoms with Crippen molar-refractivity contribution in [3.63, 3.8) is 0 Å². The predicted octanol–water partition coefficient (Wildman–Crippen LogP) is 1.16. The standard InChI is InChI=1S/C20H21N9O4S/c21-18-17-19(24-9-23-18)29(6-5-22-3-2-16(30)28-31)20(26-17)34-15-8-14-13(32-10-33-14)7-11(15)12-1-4-25-27-12/h1,4,7-9,22,31H,2-3,5-6,10H2,(H,25,27)(H,28,30)(H2,21,23,24). The van der Waals surface area contributed by atoms with Crippen molar-refractivity contribution in [3.8, 4) is 22.8 Å². The van der Waals surface area contributed by atoms with Gasteiger partial charge in [-0.3, -0.25) is 15.1 Å². The number of ether oxygens (including phenoxy) is 2. The van der Waals surface area contributed by atoms with Crippen LogP contribution in [0.5, 0.6) is 11.5 Å². The van der Waals surface area contributed by atoms with Crippen LogP contribution in [0.15, 0.2) is 40.8 Å². The summed E-state index contributed by atoms with van der Waals surface area (Å²) < 4.78 is 13.1. The Balaban J connectivity index is 1.47. The van der Waals surface area contributed by atoms with E-state index in [2.05, 4.69) is 25.5 Å². The molecule has 1 amide bonds. The highest BCUT2D eigenvalue weighted by molar-refractivity contribution is 7.99. The smallest absolute Gasteiger partial charge is 0.244 e. The lowest BCUT2D eigenvalue weighted by Crippen LogP contribution is -2.27. The Bertz CT molecular complexity index is 1330. The Labute approximate surface area is 197 Å². The second kappa shape index (κ2) is 9.54. The molecule has 4 aromatic rings. The van der Waals surface area contributed by atoms with Gasteiger partial charge in [0.2, 0.25) is 12.7 Å². The fraction of sp³-hybridized carbons (Fsp3) is 0.250. The van der Waals surface area contributed by atoms with Gasteiger partial charge in [-0.2, -0.15) is 5.10 Å². The highest BCUT2D eigenvalue weighted by atomic mass is 32.2. The number of amides is 1. The van der Waals surface area contributed by atoms with Crippen molar-refractivity contribution in [2.45, 2.75) is 23.0 Å². The number of carbonyl (C=O) groups excluding carboxylic acids is 1. The van der Waals surface area contributed by atoms with E-state index in [1.807, 2.05) is 22.8 Å². The first-order valence-electron chi connectivity index (χ1n) is 10.4. The third-order valence-electron chi connectivity index (χ3n) is 5.16. The van der Waals surface area contributed by atoms with Crippen LogP contribution in [0.25, 0.3) is 22.4 Å². The van der Waals surface area contributed by atoms with Crippen molar-refractivity contribution in [1.29, 1.82) is 0 Å². The zero-order chi connectivity index (χ0) is 23.5. The maximum absolute atomic E-state index is 11.2. The summed E-state index contributed by atoms with van der Waals surface area (Å²) in [6.07, 6.45) is 3.24. The molecule has 6 N–H and O–H groups in total. The van der Waals surface area contributed by atoms with Crippen LogP contribution < -0.4 is 26.0 Å². The minimum atomic E-state index is -0.452. The van der Waals surface area contributed by atoms with Crippen LogP contribution in [-0.2, 0) is 11.3 Å². The number of nitrogens with two attached hydrogens (primary N) is 1. The first kappa shape index (κ1) is 21.9. The maximum Gasteiger partial charge on any atom is 0.244 e. The predicted molar refractivity (Wildman–Crippen MR) is 121 cm³/mol. The number of aromatic nitrogens is 6. The number of benzene rings is 1. The molecule has 0 aliphatic carbocycles. The molecule has 0 fully saturated rings. The van der Waals surface area contributed by atoms with E-state index in [4.69, 9.17) is 25.4 Å². The van der Waals surface area contributed by atoms with E-state index in [0.29, 0.717) is 47.5 Å². The number of anilines is 1. The molecule has 0 unspecified atom stereocenters. The third kappa shape index (κ3) is 4.33. The van der Waals surface area contributed by atoms with Crippen molar-refractivity contribution >= 4 is 34.7 Å². The fourth-order valence-electron chi connectivity index (χ4n) is 3.51. The fourth-order valence-corrected chi connectivity index (χ4v) is 4.58. The lowest BCUT2D eigenvalue weighted by Gasteiger charge is -2.12. The van der Waals surface area contributed by atoms with Gasteiger partial charge in [0.25, 0.3) is 0 Å². The Morgan fingerprint density at radius 1 is 1.26 bits per heavy atom. The Morgan fingerprint density at radius 3 is 2.91 bits per heavy atom. The van der Waals surface area contributed by atoms with Crippen molar-refractivity contribution in [2.75, 3.05) is 25.6 Å². The molecule has 5 rings (SSSR count). The van der Waals surface area contributed by atoms with Crippen LogP contribution in [0.3, 0.4) is 0 Å². The molecule has 3 aromatic heterocycles. The number of rotatable bonds is 9. The largest absolute Gasteiger partial charge is 0.454 e. The molecule has 4 heterocycles. The Morgan fingerprint density at radius 2 is 2.12 bits per heavy atom. The number of hydroxylamine groups is 1. The van der Waals surface area contributed by atoms with Crippen molar-refractivity contribution in [2.24, 2.45) is 0 Å². The molecule has 0 bridgehead atoms. The molecule has 13 nitrogen and oxygen atoms in total. The molecule has 34 heavy (non-hydrogen) atoms. The minimum absolute atomic E-state index is 0.155. The van der Waals surface area contributed by atoms with E-state index < -0.39 is 5.91 Å². The van der Waals surface area contributed by atoms with Gasteiger partial charge in [-0.15, -0.1) is 0 Å². The van der Waals surface area contributed by atoms with Crippen molar-refractivity contribution < 1.29 is 19.5 Å². The number of nitrogens with zero attached hydrogens (tertiary/aromatic N) is 5. The number of H-pyrrole nitrogens is 1. The summed E-state index contributed by atoms with van der Waals surface area (Å²) in [6, 6.07) is 5.70. The molecule has 176 valence electrons. The highest BCUT2D eigenvalue weighted by Crippen LogP contribution is 2.44. The Hall–Kier alpha value is -3.88. The molecular formula is C20H21N9O4S. The molecule has 0 atom stereocenters. The molecule has 1 aliphatic rings. The van der Waals surface area contributed by atoms with E-state index in [9.17, 15) is 4.79 Å². The lowest BCUT2D eigenvalue weighted by atomic mass is 10.1. The first-order valence-corrected chi connectivity index (χ1v) is 11.2. The normalized spacial score (nSPS) is 12.4. The summed E-state index contributed by atoms with van der Waals surface area (Å²) in [5.74, 6) is 1.15. The topological polar surface area (TPSA) is 178 Å². The zero-order valence-corrected chi connectivity index (χ0v) is 18.6. The van der Waals surface area contributed by atoms with Crippen LogP contribution in [0.1, 0.15) is 6.42 Å². The van der Waals surface area contributed by atoms with Gasteiger partial charge in [-0.25, -0.2) is 20.4 Å². The summed E-state index contributed by atoms with van der Waals surface area (Å²) in [7, 11) is 0. The molecular weight excluding hydrogens is 462 g/mol. The van der Waals surface area contributed by atoms with Crippen LogP contribution in [0, 0.1) is 0 Å². The number of aromatic amines is 1. The number of hydrogen-bond donors (Lipinski definition) is 5. The van der Waals surface area contributed by atoms with Crippen LogP contribution in [0.2, 0.25) is 0 Å². The van der Waals surface area contributed by atoms with Crippen LogP contribution in [0.4, 0.5) is 5.82 Å². The van der Waals surface area contributed by atoms with Gasteiger partial charge in [0.15, 0.2) is 33.6 Å². The summed E-state index contributed by atoms with van der Waals surface area (Å²) in [5.41, 5.74) is 10.5. The number of hydrogen-bond acceptors (Lipinski definition) is 11. The minimum Gasteiger partial charge on any atom is -0.454 e. The van der Waals surface area contributed by atoms with Crippen molar-refractivity contribution in [3.05, 3.63) is 30.7 Å². The summed E-state index contributed by atoms with van der Waals surface area (Å²) >= 11 is 1.43. The van der Waals surface area contributed by atoms with Gasteiger partial charge in [0.05, 0.1) is 5.69 Å². The van der Waals surface area contributed by atoms with Crippen molar-refractivity contribution in [1.82, 2.24) is 40.5 Å². The quantitative estimate of drug-likeness (QED) is 0.131. The van der Waals surface area contributed by atoms with Gasteiger partial charge >= 0.3 is 0 Å². The summed E-state index contributed by atoms with van der Waals surface area (Å²) in [4.78, 5) is 25.2. The van der Waals surface area contributed by atoms with Gasteiger partial charge in [0.1, 0.15) is 6.33 Å². The van der Waals surface area contributed by atoms with E-state index >= 15 is 0 Å². The van der Waals surface area contributed by atoms with Gasteiger partial charge < -0.3 is 25.1 Å². The third-order valence-corrected chi connectivity index (χ3v) is 6.21. The summed E-state index contributed by atoms with van der Waals surface area (Å²) in [6.45, 7) is 1.62. The van der Waals surface area contributed by atoms with Gasteiger partial charge in [0, 0.05) is 42.7 Å². The van der Waals surface area contributed by atoms with Crippen LogP contribution >= 0.6 is 11.8 Å². The molecule has 1 aliphatic heterocycles. The highest BCUT2D eigenvalue weighted by Gasteiger charge is 2.22. The Kier molecular flexibility index (Phi) is 6.16. The number of nitrogen functional groups attached to an aromatic ring is 1. The van der Waals surface area contributed by atoms with E-state index in [1.165, 1.54) is 18.1 Å². The molecule has 0 spiro atoms. The average molecular weight is 484 g/mol. The SMILES string of the molecule is Nc1ncnc2c1nc(Sc1cc3c(cc1-c1ccn[nH]1)OCO3)n2CCNCCC(=O)NO. The number of nitrogens with one attached hydrogen (secondary N) is 3. The maximum atomic E-state index is 11.2. The van der Waals surface area contributed by atoms with E-state index in [1.54, 1.807) is 11.7 Å². The molecule has 0 saturated carbocycles. The molecule has 0 radical (unpaired) electrons. The zero-order valence-electron chi connectivity index (χ0n) is 17.8. The molecule has 14 heteroatoms. The lowest BCUT2D eigenvalue weighted by molar-refractivity contribution is -0.129. The number of fused-ring (bicyclic) bond motifs is 2. The summed E-state index contributed by atoms with van der Waals surface area (Å²) in [5, 5.41) is 19.5. The second-order valence-electron chi connectivity index (χ2n) is 7.29. The van der Waals surface area contributed by atoms with Crippen LogP contribution in [-0.4, -0.2) is 60.7 Å². The number of carbonyl (C=O) groups is 1. The first-order chi connectivity index (χ1) is 16.6. The van der Waals surface area contributed by atoms with E-state index in [-0.39, 0.29) is 19.0 Å². The monoisotopic (exact) mass is 483 g/mol. The average Bonchev–Trinajstić information content (AvgIpc) is 3.59. The van der Waals surface area contributed by atoms with Gasteiger partial charge in [-0.05, 0) is 18.2 Å². The second-order valence-corrected chi connectivity index (χ2v) is 8.30. The number of imidazole rings is 1. The van der Waals surface area contributed by atoms with Gasteiger partial charge in [-0.1, -0.05) is 11.8 Å². The molecule has 1 aromatic carbocycles. The van der Waals surface area contributed by atoms with E-state index in [0.717, 1.165) is 16.2 Å².